The van der Waals surface area contributed by atoms with E-state index >= 15 is 0 Å². The molecular weight excluding hydrogens is 952 g/mol. The highest BCUT2D eigenvalue weighted by atomic mass is 16.8. The van der Waals surface area contributed by atoms with Crippen molar-refractivity contribution in [2.45, 2.75) is 226 Å². The number of aliphatic hydroxyl groups excluding tert-OH is 14. The fraction of sp³-hybridized carbons (Fsp3) is 0.911. The summed E-state index contributed by atoms with van der Waals surface area (Å²) in [5, 5.41) is 153. The van der Waals surface area contributed by atoms with Gasteiger partial charge in [0.1, 0.15) is 97.6 Å². The molecule has 2 amide bonds. The number of hydrogen-bond acceptors (Lipinski definition) is 24. The van der Waals surface area contributed by atoms with E-state index in [1.807, 2.05) is 0 Å². The average molecular weight is 1030 g/mol. The molecule has 0 spiro atoms. The van der Waals surface area contributed by atoms with E-state index in [4.69, 9.17) is 37.9 Å². The largest absolute Gasteiger partial charge is 0.417 e. The molecule has 4 saturated heterocycles. The van der Waals surface area contributed by atoms with Crippen LogP contribution in [0.4, 0.5) is 4.79 Å². The maximum atomic E-state index is 12.9. The van der Waals surface area contributed by atoms with Crippen molar-refractivity contribution < 1.29 is 119 Å². The predicted molar refractivity (Wildman–Crippen MR) is 240 cm³/mol. The number of rotatable bonds is 28. The van der Waals surface area contributed by atoms with Gasteiger partial charge in [-0.25, -0.2) is 4.79 Å². The van der Waals surface area contributed by atoms with Crippen LogP contribution in [-0.2, 0) is 42.7 Å². The normalized spacial score (nSPS) is 38.7. The van der Waals surface area contributed by atoms with Crippen molar-refractivity contribution in [3.8, 4) is 0 Å². The molecule has 0 aromatic carbocycles. The number of hydrogen-bond donors (Lipinski definition) is 16. The van der Waals surface area contributed by atoms with Gasteiger partial charge >= 0.3 is 6.09 Å². The van der Waals surface area contributed by atoms with Crippen molar-refractivity contribution in [3.05, 3.63) is 12.2 Å². The Kier molecular flexibility index (Phi) is 26.6. The summed E-state index contributed by atoms with van der Waals surface area (Å²) in [6, 6.07) is -2.93. The molecule has 4 rings (SSSR count). The molecule has 71 heavy (non-hydrogen) atoms. The Morgan fingerprint density at radius 1 is 0.535 bits per heavy atom. The minimum Gasteiger partial charge on any atom is -0.417 e. The number of aliphatic hydroxyl groups is 14. The van der Waals surface area contributed by atoms with Crippen molar-refractivity contribution >= 4 is 12.0 Å². The van der Waals surface area contributed by atoms with E-state index in [9.17, 15) is 81.1 Å². The van der Waals surface area contributed by atoms with Crippen molar-refractivity contribution in [1.82, 2.24) is 10.6 Å². The van der Waals surface area contributed by atoms with Crippen molar-refractivity contribution in [2.24, 2.45) is 0 Å². The molecule has 414 valence electrons. The highest BCUT2D eigenvalue weighted by molar-refractivity contribution is 5.73. The number of nitrogens with one attached hydrogen (secondary N) is 2. The number of alkyl carbamates (subject to hydrolysis) is 1. The third-order valence-corrected chi connectivity index (χ3v) is 13.0. The van der Waals surface area contributed by atoms with Crippen LogP contribution in [0.1, 0.15) is 90.9 Å². The molecule has 4 aliphatic rings. The van der Waals surface area contributed by atoms with E-state index in [2.05, 4.69) is 17.6 Å². The molecule has 0 bridgehead atoms. The first-order valence-corrected chi connectivity index (χ1v) is 24.6. The van der Waals surface area contributed by atoms with Crippen molar-refractivity contribution in [3.63, 3.8) is 0 Å². The molecule has 22 atom stereocenters. The second kappa shape index (κ2) is 30.9. The molecule has 0 aromatic heterocycles. The third kappa shape index (κ3) is 17.1. The minimum absolute atomic E-state index is 0.666. The minimum atomic E-state index is -2.12. The lowest BCUT2D eigenvalue weighted by Crippen LogP contribution is -2.70. The van der Waals surface area contributed by atoms with E-state index < -0.39 is 180 Å². The lowest BCUT2D eigenvalue weighted by molar-refractivity contribution is -0.379. The highest BCUT2D eigenvalue weighted by Gasteiger charge is 2.56. The third-order valence-electron chi connectivity index (χ3n) is 13.0. The Hall–Kier alpha value is -2.36. The van der Waals surface area contributed by atoms with Gasteiger partial charge in [-0.05, 0) is 12.8 Å². The molecular formula is C45H80N2O24. The molecule has 4 heterocycles. The van der Waals surface area contributed by atoms with Gasteiger partial charge in [-0.3, -0.25) is 4.79 Å². The molecule has 0 aromatic rings. The van der Waals surface area contributed by atoms with Gasteiger partial charge in [0.25, 0.3) is 0 Å². The first-order valence-electron chi connectivity index (χ1n) is 24.6. The summed E-state index contributed by atoms with van der Waals surface area (Å²) in [7, 11) is 0. The van der Waals surface area contributed by atoms with Gasteiger partial charge in [0.05, 0.1) is 45.2 Å². The number of carbonyl (C=O) groups is 2. The molecule has 26 heteroatoms. The Balaban J connectivity index is 1.35. The van der Waals surface area contributed by atoms with Crippen LogP contribution in [0, 0.1) is 0 Å². The SMILES string of the molecule is CCCCCCCCCCCCCC=CC(O)C(CO)NC(=O)OC1OC(CO)C(OC2OC(CO)C(O)C(OC3OC(CO)C(OC4OC(CO)C(O)C(O)C4O)C(O)C3NC(C)=O)C2O)C(O)C1O. The maximum absolute atomic E-state index is 12.9. The number of allylic oxidation sites excluding steroid dienone is 1. The first kappa shape index (κ1) is 61.2. The standard InChI is InChI=1S/C45H80N2O24/c1-3-4-5-6-7-8-9-10-11-12-13-14-15-16-24(54)23(17-48)47-45(63)71-43-36(61)34(59)39(28(21-52)67-43)69-44-37(62)40(31(56)26(19-50)65-44)70-41-29(46-22(2)53)32(57)38(27(20-51)66-41)68-42-35(60)33(58)30(55)25(18-49)64-42/h15-16,23-44,48-52,54-62H,3-14,17-21H2,1-2H3,(H,46,53)(H,47,63). The van der Waals surface area contributed by atoms with Crippen LogP contribution in [0.2, 0.25) is 0 Å². The molecule has 16 N–H and O–H groups in total. The molecule has 4 aliphatic heterocycles. The van der Waals surface area contributed by atoms with Crippen molar-refractivity contribution in [2.75, 3.05) is 33.0 Å². The Bertz CT molecular complexity index is 1550. The Morgan fingerprint density at radius 2 is 1.00 bits per heavy atom. The van der Waals surface area contributed by atoms with Crippen LogP contribution < -0.4 is 10.6 Å². The second-order valence-corrected chi connectivity index (χ2v) is 18.4. The molecule has 22 unspecified atom stereocenters. The first-order chi connectivity index (χ1) is 34.0. The van der Waals surface area contributed by atoms with Crippen LogP contribution in [0.5, 0.6) is 0 Å². The topological polar surface area (TPSA) is 415 Å². The summed E-state index contributed by atoms with van der Waals surface area (Å²) in [6.45, 7) is -1.17. The van der Waals surface area contributed by atoms with E-state index in [-0.39, 0.29) is 0 Å². The van der Waals surface area contributed by atoms with Gasteiger partial charge in [-0.1, -0.05) is 83.3 Å². The van der Waals surface area contributed by atoms with E-state index in [0.717, 1.165) is 32.6 Å². The van der Waals surface area contributed by atoms with E-state index in [0.29, 0.717) is 6.42 Å². The monoisotopic (exact) mass is 1030 g/mol. The number of ether oxygens (including phenoxy) is 8. The van der Waals surface area contributed by atoms with Gasteiger partial charge in [0.15, 0.2) is 18.9 Å². The zero-order chi connectivity index (χ0) is 52.4. The lowest BCUT2D eigenvalue weighted by Gasteiger charge is -2.50. The Labute approximate surface area is 412 Å². The fourth-order valence-electron chi connectivity index (χ4n) is 8.85. The van der Waals surface area contributed by atoms with Crippen molar-refractivity contribution in [1.29, 1.82) is 0 Å². The van der Waals surface area contributed by atoms with Gasteiger partial charge in [0.2, 0.25) is 12.2 Å². The van der Waals surface area contributed by atoms with Crippen LogP contribution in [0.15, 0.2) is 12.2 Å². The zero-order valence-electron chi connectivity index (χ0n) is 40.2. The maximum Gasteiger partial charge on any atom is 0.409 e. The van der Waals surface area contributed by atoms with Gasteiger partial charge in [-0.2, -0.15) is 0 Å². The Morgan fingerprint density at radius 3 is 1.54 bits per heavy atom. The smallest absolute Gasteiger partial charge is 0.409 e. The lowest BCUT2D eigenvalue weighted by atomic mass is 9.94. The predicted octanol–water partition coefficient (Wildman–Crippen LogP) is -4.89. The summed E-state index contributed by atoms with van der Waals surface area (Å²) in [5.74, 6) is -0.786. The molecule has 0 saturated carbocycles. The summed E-state index contributed by atoms with van der Waals surface area (Å²) in [4.78, 5) is 25.3. The summed E-state index contributed by atoms with van der Waals surface area (Å²) < 4.78 is 44.8. The molecule has 4 fully saturated rings. The summed E-state index contributed by atoms with van der Waals surface area (Å²) in [5.41, 5.74) is 0. The number of amides is 2. The van der Waals surface area contributed by atoms with Gasteiger partial charge < -0.3 is 120 Å². The molecule has 26 nitrogen and oxygen atoms in total. The fourth-order valence-corrected chi connectivity index (χ4v) is 8.85. The second-order valence-electron chi connectivity index (χ2n) is 18.4. The van der Waals surface area contributed by atoms with E-state index in [1.165, 1.54) is 51.0 Å². The van der Waals surface area contributed by atoms with Gasteiger partial charge in [-0.15, -0.1) is 0 Å². The average Bonchev–Trinajstić information content (AvgIpc) is 3.35. The number of unbranched alkanes of at least 4 members (excludes halogenated alkanes) is 11. The summed E-state index contributed by atoms with van der Waals surface area (Å²) in [6.07, 6.45) is -21.0. The molecule has 0 aliphatic carbocycles. The zero-order valence-corrected chi connectivity index (χ0v) is 40.2. The van der Waals surface area contributed by atoms with Crippen LogP contribution in [0.3, 0.4) is 0 Å². The van der Waals surface area contributed by atoms with Crippen LogP contribution in [-0.4, -0.2) is 251 Å². The van der Waals surface area contributed by atoms with Gasteiger partial charge in [0, 0.05) is 6.92 Å². The van der Waals surface area contributed by atoms with E-state index in [1.54, 1.807) is 6.08 Å². The van der Waals surface area contributed by atoms with Crippen LogP contribution >= 0.6 is 0 Å². The van der Waals surface area contributed by atoms with Crippen LogP contribution in [0.25, 0.3) is 0 Å². The number of carbonyl (C=O) groups excluding carboxylic acids is 2. The highest BCUT2D eigenvalue weighted by Crippen LogP contribution is 2.35. The molecule has 0 radical (unpaired) electrons. The quantitative estimate of drug-likeness (QED) is 0.0258. The summed E-state index contributed by atoms with van der Waals surface area (Å²) >= 11 is 0.